The predicted molar refractivity (Wildman–Crippen MR) is 95.7 cm³/mol. The smallest absolute Gasteiger partial charge is 0.156 e. The molecule has 0 unspecified atom stereocenters. The molecule has 0 saturated carbocycles. The molecule has 1 spiro atoms. The Kier molecular flexibility index (Phi) is 3.18. The molecule has 25 heavy (non-hydrogen) atoms. The lowest BCUT2D eigenvalue weighted by Crippen LogP contribution is -2.61. The molecule has 0 atom stereocenters. The van der Waals surface area contributed by atoms with Crippen molar-refractivity contribution in [2.24, 2.45) is 5.41 Å². The van der Waals surface area contributed by atoms with Gasteiger partial charge in [0.2, 0.25) is 0 Å². The molecule has 5 rings (SSSR count). The number of hydrogen-bond donors (Lipinski definition) is 1. The minimum atomic E-state index is -0.146. The number of hydrogen-bond acceptors (Lipinski definition) is 5. The number of rotatable bonds is 2. The van der Waals surface area contributed by atoms with E-state index in [2.05, 4.69) is 27.0 Å². The standard InChI is InChI=1S/C20H19N3O2/c24-10-18-21-16-7-3-2-6-15(16)19(22-18)23-11-20(12-23)9-14-5-1-4-8-17(14)25-13-20/h1-8,24H,9-13H2. The number of fused-ring (bicyclic) bond motifs is 2. The summed E-state index contributed by atoms with van der Waals surface area (Å²) in [5, 5.41) is 10.5. The van der Waals surface area contributed by atoms with Crippen LogP contribution in [0.25, 0.3) is 10.9 Å². The Morgan fingerprint density at radius 2 is 1.84 bits per heavy atom. The number of aliphatic hydroxyl groups excluding tert-OH is 1. The first kappa shape index (κ1) is 14.7. The Morgan fingerprint density at radius 3 is 2.72 bits per heavy atom. The van der Waals surface area contributed by atoms with Crippen LogP contribution in [0, 0.1) is 5.41 Å². The highest BCUT2D eigenvalue weighted by atomic mass is 16.5. The van der Waals surface area contributed by atoms with Gasteiger partial charge in [-0.25, -0.2) is 9.97 Å². The quantitative estimate of drug-likeness (QED) is 0.781. The van der Waals surface area contributed by atoms with Crippen LogP contribution < -0.4 is 9.64 Å². The molecule has 5 heteroatoms. The Balaban J connectivity index is 1.45. The lowest BCUT2D eigenvalue weighted by atomic mass is 9.74. The van der Waals surface area contributed by atoms with Crippen LogP contribution in [0.3, 0.4) is 0 Å². The van der Waals surface area contributed by atoms with E-state index in [1.807, 2.05) is 36.4 Å². The average Bonchev–Trinajstić information content (AvgIpc) is 2.64. The van der Waals surface area contributed by atoms with Crippen molar-refractivity contribution in [2.45, 2.75) is 13.0 Å². The maximum atomic E-state index is 9.48. The second kappa shape index (κ2) is 5.43. The molecule has 1 aromatic heterocycles. The molecular weight excluding hydrogens is 314 g/mol. The highest BCUT2D eigenvalue weighted by molar-refractivity contribution is 5.90. The fraction of sp³-hybridized carbons (Fsp3) is 0.300. The highest BCUT2D eigenvalue weighted by Gasteiger charge is 2.47. The Labute approximate surface area is 145 Å². The first-order valence-corrected chi connectivity index (χ1v) is 8.59. The maximum absolute atomic E-state index is 9.48. The van der Waals surface area contributed by atoms with E-state index in [4.69, 9.17) is 4.74 Å². The van der Waals surface area contributed by atoms with Crippen LogP contribution in [0.2, 0.25) is 0 Å². The van der Waals surface area contributed by atoms with E-state index in [9.17, 15) is 5.11 Å². The number of ether oxygens (including phenoxy) is 1. The van der Waals surface area contributed by atoms with Gasteiger partial charge in [0.15, 0.2) is 5.82 Å². The molecule has 0 radical (unpaired) electrons. The molecule has 1 saturated heterocycles. The molecule has 126 valence electrons. The molecule has 3 heterocycles. The van der Waals surface area contributed by atoms with Crippen LogP contribution in [0.15, 0.2) is 48.5 Å². The van der Waals surface area contributed by atoms with Gasteiger partial charge >= 0.3 is 0 Å². The van der Waals surface area contributed by atoms with E-state index in [0.29, 0.717) is 5.82 Å². The Morgan fingerprint density at radius 1 is 1.04 bits per heavy atom. The van der Waals surface area contributed by atoms with Gasteiger partial charge in [0.25, 0.3) is 0 Å². The van der Waals surface area contributed by atoms with Crippen LogP contribution in [0.1, 0.15) is 11.4 Å². The molecule has 2 aliphatic rings. The van der Waals surface area contributed by atoms with Crippen LogP contribution >= 0.6 is 0 Å². The fourth-order valence-electron chi connectivity index (χ4n) is 4.01. The van der Waals surface area contributed by atoms with Gasteiger partial charge < -0.3 is 14.7 Å². The summed E-state index contributed by atoms with van der Waals surface area (Å²) in [7, 11) is 0. The van der Waals surface area contributed by atoms with Crippen LogP contribution in [0.4, 0.5) is 5.82 Å². The Hall–Kier alpha value is -2.66. The molecule has 0 bridgehead atoms. The number of nitrogens with zero attached hydrogens (tertiary/aromatic N) is 3. The predicted octanol–water partition coefficient (Wildman–Crippen LogP) is 2.56. The van der Waals surface area contributed by atoms with Crippen molar-refractivity contribution in [3.8, 4) is 5.75 Å². The van der Waals surface area contributed by atoms with Gasteiger partial charge in [-0.05, 0) is 30.2 Å². The summed E-state index contributed by atoms with van der Waals surface area (Å²) in [5.74, 6) is 2.40. The van der Waals surface area contributed by atoms with E-state index in [1.165, 1.54) is 5.56 Å². The summed E-state index contributed by atoms with van der Waals surface area (Å²) < 4.78 is 6.00. The van der Waals surface area contributed by atoms with E-state index in [0.717, 1.165) is 48.6 Å². The topological polar surface area (TPSA) is 58.5 Å². The summed E-state index contributed by atoms with van der Waals surface area (Å²) >= 11 is 0. The molecule has 2 aromatic carbocycles. The summed E-state index contributed by atoms with van der Waals surface area (Å²) in [4.78, 5) is 11.3. The largest absolute Gasteiger partial charge is 0.493 e. The zero-order chi connectivity index (χ0) is 16.9. The van der Waals surface area contributed by atoms with Crippen molar-refractivity contribution in [1.29, 1.82) is 0 Å². The normalized spacial score (nSPS) is 17.9. The summed E-state index contributed by atoms with van der Waals surface area (Å²) in [5.41, 5.74) is 2.32. The average molecular weight is 333 g/mol. The van der Waals surface area contributed by atoms with Crippen molar-refractivity contribution >= 4 is 16.7 Å². The van der Waals surface area contributed by atoms with Gasteiger partial charge in [0.1, 0.15) is 18.2 Å². The number of aliphatic hydroxyl groups is 1. The third-order valence-corrected chi connectivity index (χ3v) is 5.19. The number of anilines is 1. The maximum Gasteiger partial charge on any atom is 0.156 e. The van der Waals surface area contributed by atoms with Crippen molar-refractivity contribution in [3.63, 3.8) is 0 Å². The molecule has 1 fully saturated rings. The van der Waals surface area contributed by atoms with Crippen molar-refractivity contribution in [3.05, 3.63) is 59.9 Å². The van der Waals surface area contributed by atoms with E-state index in [-0.39, 0.29) is 12.0 Å². The molecule has 5 nitrogen and oxygen atoms in total. The molecule has 3 aromatic rings. The van der Waals surface area contributed by atoms with Gasteiger partial charge in [-0.3, -0.25) is 0 Å². The van der Waals surface area contributed by atoms with Gasteiger partial charge in [0, 0.05) is 23.9 Å². The van der Waals surface area contributed by atoms with E-state index < -0.39 is 0 Å². The van der Waals surface area contributed by atoms with Gasteiger partial charge in [-0.15, -0.1) is 0 Å². The molecule has 2 aliphatic heterocycles. The van der Waals surface area contributed by atoms with E-state index >= 15 is 0 Å². The van der Waals surface area contributed by atoms with Gasteiger partial charge in [-0.2, -0.15) is 0 Å². The SMILES string of the molecule is OCc1nc(N2CC3(COc4ccccc4C3)C2)c2ccccc2n1. The fourth-order valence-corrected chi connectivity index (χ4v) is 4.01. The second-order valence-electron chi connectivity index (χ2n) is 7.07. The first-order chi connectivity index (χ1) is 12.3. The molecule has 1 N–H and O–H groups in total. The van der Waals surface area contributed by atoms with E-state index in [1.54, 1.807) is 0 Å². The first-order valence-electron chi connectivity index (χ1n) is 8.59. The lowest BCUT2D eigenvalue weighted by Gasteiger charge is -2.52. The van der Waals surface area contributed by atoms with Gasteiger partial charge in [-0.1, -0.05) is 30.3 Å². The minimum Gasteiger partial charge on any atom is -0.493 e. The summed E-state index contributed by atoms with van der Waals surface area (Å²) in [6.07, 6.45) is 1.04. The summed E-state index contributed by atoms with van der Waals surface area (Å²) in [6.45, 7) is 2.42. The third kappa shape index (κ3) is 2.35. The van der Waals surface area contributed by atoms with Crippen molar-refractivity contribution < 1.29 is 9.84 Å². The highest BCUT2D eigenvalue weighted by Crippen LogP contribution is 2.43. The van der Waals surface area contributed by atoms with Crippen LogP contribution in [-0.2, 0) is 13.0 Å². The van der Waals surface area contributed by atoms with Crippen LogP contribution in [0.5, 0.6) is 5.75 Å². The molecule has 0 aliphatic carbocycles. The van der Waals surface area contributed by atoms with Crippen LogP contribution in [-0.4, -0.2) is 34.8 Å². The molecule has 0 amide bonds. The number of para-hydroxylation sites is 2. The Bertz CT molecular complexity index is 951. The zero-order valence-corrected chi connectivity index (χ0v) is 13.9. The zero-order valence-electron chi connectivity index (χ0n) is 13.9. The van der Waals surface area contributed by atoms with Crippen molar-refractivity contribution in [2.75, 3.05) is 24.6 Å². The lowest BCUT2D eigenvalue weighted by molar-refractivity contribution is 0.0876. The van der Waals surface area contributed by atoms with Crippen molar-refractivity contribution in [1.82, 2.24) is 9.97 Å². The monoisotopic (exact) mass is 333 g/mol. The molecular formula is C20H19N3O2. The minimum absolute atomic E-state index is 0.146. The van der Waals surface area contributed by atoms with Gasteiger partial charge in [0.05, 0.1) is 12.1 Å². The third-order valence-electron chi connectivity index (χ3n) is 5.19. The second-order valence-corrected chi connectivity index (χ2v) is 7.07. The number of benzene rings is 2. The number of aromatic nitrogens is 2. The summed E-state index contributed by atoms with van der Waals surface area (Å²) in [6, 6.07) is 16.3.